The first kappa shape index (κ1) is 20.6. The van der Waals surface area contributed by atoms with Crippen LogP contribution >= 0.6 is 0 Å². The first-order valence-corrected chi connectivity index (χ1v) is 8.64. The monoisotopic (exact) mass is 404 g/mol. The smallest absolute Gasteiger partial charge is 0.369 e. The first-order valence-electron chi connectivity index (χ1n) is 8.64. The Morgan fingerprint density at radius 1 is 1.17 bits per heavy atom. The molecule has 0 fully saturated rings. The van der Waals surface area contributed by atoms with Gasteiger partial charge >= 0.3 is 6.10 Å². The Hall–Kier alpha value is -3.14. The Morgan fingerprint density at radius 2 is 1.90 bits per heavy atom. The summed E-state index contributed by atoms with van der Waals surface area (Å²) in [6.45, 7) is 3.58. The third kappa shape index (κ3) is 4.48. The van der Waals surface area contributed by atoms with Crippen LogP contribution in [0.25, 0.3) is 10.9 Å². The van der Waals surface area contributed by atoms with Crippen molar-refractivity contribution in [3.8, 4) is 11.5 Å². The van der Waals surface area contributed by atoms with Gasteiger partial charge in [0.1, 0.15) is 11.6 Å². The molecule has 7 nitrogen and oxygen atoms in total. The van der Waals surface area contributed by atoms with Gasteiger partial charge in [0, 0.05) is 17.6 Å². The summed E-state index contributed by atoms with van der Waals surface area (Å²) in [5, 5.41) is 28.2. The van der Waals surface area contributed by atoms with Gasteiger partial charge in [-0.3, -0.25) is 15.1 Å². The van der Waals surface area contributed by atoms with Crippen LogP contribution in [0.5, 0.6) is 11.5 Å². The number of amides is 1. The number of carbonyl (C=O) groups is 1. The SMILES string of the molecule is CCc1cc(C)c(Oc2ccnc3cc(F)c(C(=O)NC(O)(O)O)cc23)c(F)c1. The second-order valence-corrected chi connectivity index (χ2v) is 6.43. The second-order valence-electron chi connectivity index (χ2n) is 6.43. The number of pyridine rings is 1. The quantitative estimate of drug-likeness (QED) is 0.486. The lowest BCUT2D eigenvalue weighted by molar-refractivity contribution is -0.323. The number of ether oxygens (including phenoxy) is 1. The topological polar surface area (TPSA) is 112 Å². The third-order valence-corrected chi connectivity index (χ3v) is 4.23. The van der Waals surface area contributed by atoms with Crippen molar-refractivity contribution in [2.75, 3.05) is 0 Å². The van der Waals surface area contributed by atoms with E-state index in [0.717, 1.165) is 17.7 Å². The summed E-state index contributed by atoms with van der Waals surface area (Å²) in [6, 6.07) is 6.55. The average molecular weight is 404 g/mol. The van der Waals surface area contributed by atoms with Gasteiger partial charge < -0.3 is 20.1 Å². The molecule has 152 valence electrons. The molecule has 0 aliphatic heterocycles. The van der Waals surface area contributed by atoms with Crippen LogP contribution in [0.4, 0.5) is 8.78 Å². The number of rotatable bonds is 5. The summed E-state index contributed by atoms with van der Waals surface area (Å²) in [7, 11) is 0. The van der Waals surface area contributed by atoms with Gasteiger partial charge in [-0.15, -0.1) is 0 Å². The van der Waals surface area contributed by atoms with E-state index in [1.807, 2.05) is 6.92 Å². The van der Waals surface area contributed by atoms with Crippen LogP contribution < -0.4 is 10.1 Å². The maximum atomic E-state index is 14.5. The summed E-state index contributed by atoms with van der Waals surface area (Å²) in [4.78, 5) is 16.0. The fourth-order valence-electron chi connectivity index (χ4n) is 2.87. The van der Waals surface area contributed by atoms with Gasteiger partial charge in [-0.1, -0.05) is 13.0 Å². The van der Waals surface area contributed by atoms with E-state index in [1.165, 1.54) is 23.6 Å². The Kier molecular flexibility index (Phi) is 5.47. The van der Waals surface area contributed by atoms with Crippen LogP contribution in [0.3, 0.4) is 0 Å². The van der Waals surface area contributed by atoms with Gasteiger partial charge in [-0.25, -0.2) is 8.78 Å². The van der Waals surface area contributed by atoms with Crippen LogP contribution in [0.2, 0.25) is 0 Å². The Balaban J connectivity index is 2.08. The van der Waals surface area contributed by atoms with E-state index < -0.39 is 29.2 Å². The lowest BCUT2D eigenvalue weighted by Crippen LogP contribution is -2.48. The van der Waals surface area contributed by atoms with Crippen molar-refractivity contribution in [1.82, 2.24) is 10.3 Å². The van der Waals surface area contributed by atoms with Gasteiger partial charge in [0.25, 0.3) is 5.91 Å². The molecule has 0 saturated carbocycles. The maximum Gasteiger partial charge on any atom is 0.369 e. The van der Waals surface area contributed by atoms with Gasteiger partial charge in [0.15, 0.2) is 11.6 Å². The van der Waals surface area contributed by atoms with E-state index in [4.69, 9.17) is 20.1 Å². The number of aliphatic hydroxyl groups is 3. The van der Waals surface area contributed by atoms with Gasteiger partial charge in [-0.2, -0.15) is 0 Å². The Bertz CT molecular complexity index is 1070. The van der Waals surface area contributed by atoms with Crippen molar-refractivity contribution in [1.29, 1.82) is 0 Å². The zero-order valence-electron chi connectivity index (χ0n) is 15.5. The molecular weight excluding hydrogens is 386 g/mol. The van der Waals surface area contributed by atoms with Crippen molar-refractivity contribution >= 4 is 16.8 Å². The third-order valence-electron chi connectivity index (χ3n) is 4.23. The normalized spacial score (nSPS) is 11.6. The van der Waals surface area contributed by atoms with E-state index >= 15 is 0 Å². The number of fused-ring (bicyclic) bond motifs is 1. The molecule has 0 atom stereocenters. The molecule has 3 aromatic rings. The number of aryl methyl sites for hydroxylation is 2. The zero-order chi connectivity index (χ0) is 21.3. The molecule has 0 spiro atoms. The van der Waals surface area contributed by atoms with E-state index in [0.29, 0.717) is 12.0 Å². The lowest BCUT2D eigenvalue weighted by Gasteiger charge is -2.16. The minimum absolute atomic E-state index is 0.0230. The second kappa shape index (κ2) is 7.70. The molecule has 0 unspecified atom stereocenters. The summed E-state index contributed by atoms with van der Waals surface area (Å²) < 4.78 is 34.5. The summed E-state index contributed by atoms with van der Waals surface area (Å²) in [6.07, 6.45) is -1.53. The highest BCUT2D eigenvalue weighted by Gasteiger charge is 2.25. The highest BCUT2D eigenvalue weighted by molar-refractivity contribution is 5.99. The van der Waals surface area contributed by atoms with Crippen molar-refractivity contribution < 1.29 is 33.6 Å². The van der Waals surface area contributed by atoms with Crippen molar-refractivity contribution in [2.24, 2.45) is 0 Å². The summed E-state index contributed by atoms with van der Waals surface area (Å²) >= 11 is 0. The fraction of sp³-hybridized carbons (Fsp3) is 0.200. The predicted octanol–water partition coefficient (Wildman–Crippen LogP) is 2.49. The molecule has 0 bridgehead atoms. The van der Waals surface area contributed by atoms with E-state index in [9.17, 15) is 13.6 Å². The molecular formula is C20H18F2N2O5. The molecule has 0 aliphatic rings. The minimum Gasteiger partial charge on any atom is -0.453 e. The number of nitrogens with zero attached hydrogens (tertiary/aromatic N) is 1. The maximum absolute atomic E-state index is 14.5. The number of nitrogens with one attached hydrogen (secondary N) is 1. The van der Waals surface area contributed by atoms with Crippen molar-refractivity contribution in [2.45, 2.75) is 26.4 Å². The number of hydrogen-bond acceptors (Lipinski definition) is 6. The number of carbonyl (C=O) groups excluding carboxylic acids is 1. The van der Waals surface area contributed by atoms with Crippen LogP contribution in [-0.2, 0) is 6.42 Å². The standard InChI is InChI=1S/C20H18F2N2O5/c1-3-11-6-10(2)18(15(22)7-11)29-17-4-5-23-16-9-14(21)12(8-13(16)17)19(25)24-20(26,27)28/h4-9,26-28H,3H2,1-2H3,(H,24,25). The lowest BCUT2D eigenvalue weighted by atomic mass is 10.1. The van der Waals surface area contributed by atoms with Crippen molar-refractivity contribution in [3.63, 3.8) is 0 Å². The fourth-order valence-corrected chi connectivity index (χ4v) is 2.87. The molecule has 1 heterocycles. The molecule has 0 saturated heterocycles. The number of halogens is 2. The van der Waals surface area contributed by atoms with Crippen LogP contribution in [0, 0.1) is 18.6 Å². The highest BCUT2D eigenvalue weighted by Crippen LogP contribution is 2.34. The molecule has 29 heavy (non-hydrogen) atoms. The first-order chi connectivity index (χ1) is 13.6. The van der Waals surface area contributed by atoms with E-state index in [1.54, 1.807) is 13.0 Å². The summed E-state index contributed by atoms with van der Waals surface area (Å²) in [5.41, 5.74) is 0.879. The largest absolute Gasteiger partial charge is 0.453 e. The van der Waals surface area contributed by atoms with Gasteiger partial charge in [0.2, 0.25) is 0 Å². The Morgan fingerprint density at radius 3 is 2.52 bits per heavy atom. The van der Waals surface area contributed by atoms with Crippen molar-refractivity contribution in [3.05, 3.63) is 64.9 Å². The van der Waals surface area contributed by atoms with E-state index in [2.05, 4.69) is 4.98 Å². The van der Waals surface area contributed by atoms with E-state index in [-0.39, 0.29) is 22.4 Å². The molecule has 1 aromatic heterocycles. The molecule has 1 amide bonds. The molecule has 2 aromatic carbocycles. The molecule has 0 aliphatic carbocycles. The number of hydrogen-bond donors (Lipinski definition) is 4. The van der Waals surface area contributed by atoms with Crippen LogP contribution in [-0.4, -0.2) is 32.3 Å². The van der Waals surface area contributed by atoms with Gasteiger partial charge in [0.05, 0.1) is 11.1 Å². The molecule has 0 radical (unpaired) electrons. The highest BCUT2D eigenvalue weighted by atomic mass is 19.1. The minimum atomic E-state index is -3.52. The van der Waals surface area contributed by atoms with Crippen LogP contribution in [0.1, 0.15) is 28.4 Å². The number of aromatic nitrogens is 1. The van der Waals surface area contributed by atoms with Gasteiger partial charge in [-0.05, 0) is 42.7 Å². The molecule has 9 heteroatoms. The molecule has 4 N–H and O–H groups in total. The Labute approximate surface area is 164 Å². The number of benzene rings is 2. The average Bonchev–Trinajstić information content (AvgIpc) is 2.62. The molecule has 3 rings (SSSR count). The zero-order valence-corrected chi connectivity index (χ0v) is 15.5. The summed E-state index contributed by atoms with van der Waals surface area (Å²) in [5.74, 6) is -2.79. The van der Waals surface area contributed by atoms with Crippen LogP contribution in [0.15, 0.2) is 36.5 Å². The predicted molar refractivity (Wildman–Crippen MR) is 99.1 cm³/mol.